The lowest BCUT2D eigenvalue weighted by molar-refractivity contribution is -0.147. The number of amides is 2. The van der Waals surface area contributed by atoms with Crippen LogP contribution in [0.3, 0.4) is 0 Å². The zero-order valence-corrected chi connectivity index (χ0v) is 16.8. The fourth-order valence-electron chi connectivity index (χ4n) is 3.00. The van der Waals surface area contributed by atoms with Crippen LogP contribution in [-0.4, -0.2) is 24.4 Å². The van der Waals surface area contributed by atoms with Crippen molar-refractivity contribution in [3.8, 4) is 0 Å². The van der Waals surface area contributed by atoms with Gasteiger partial charge in [0.05, 0.1) is 6.42 Å². The molecule has 0 aliphatic rings. The van der Waals surface area contributed by atoms with E-state index in [1.807, 2.05) is 54.6 Å². The number of fused-ring (bicyclic) bond motifs is 1. The quantitative estimate of drug-likeness (QED) is 0.548. The Balaban J connectivity index is 1.41. The van der Waals surface area contributed by atoms with Crippen LogP contribution < -0.4 is 10.6 Å². The Morgan fingerprint density at radius 2 is 1.53 bits per heavy atom. The fraction of sp³-hybridized carbons (Fsp3) is 0.208. The number of benzene rings is 3. The van der Waals surface area contributed by atoms with E-state index in [4.69, 9.17) is 4.74 Å². The lowest BCUT2D eigenvalue weighted by Gasteiger charge is -2.09. The molecule has 0 spiro atoms. The highest BCUT2D eigenvalue weighted by atomic mass is 16.5. The van der Waals surface area contributed by atoms with Crippen molar-refractivity contribution >= 4 is 39.9 Å². The molecule has 0 aliphatic carbocycles. The predicted octanol–water partition coefficient (Wildman–Crippen LogP) is 4.30. The first kappa shape index (κ1) is 21.0. The maximum atomic E-state index is 12.2. The summed E-state index contributed by atoms with van der Waals surface area (Å²) in [4.78, 5) is 36.0. The van der Waals surface area contributed by atoms with Crippen LogP contribution in [0.4, 0.5) is 11.4 Å². The number of hydrogen-bond acceptors (Lipinski definition) is 4. The smallest absolute Gasteiger partial charge is 0.306 e. The van der Waals surface area contributed by atoms with E-state index in [-0.39, 0.29) is 25.4 Å². The topological polar surface area (TPSA) is 84.5 Å². The Morgan fingerprint density at radius 1 is 0.800 bits per heavy atom. The molecule has 0 saturated heterocycles. The Hall–Kier alpha value is -3.67. The van der Waals surface area contributed by atoms with Crippen molar-refractivity contribution in [2.75, 3.05) is 17.2 Å². The van der Waals surface area contributed by atoms with Gasteiger partial charge in [-0.15, -0.1) is 0 Å². The van der Waals surface area contributed by atoms with Crippen molar-refractivity contribution in [1.82, 2.24) is 0 Å². The number of hydrogen-bond donors (Lipinski definition) is 2. The fourth-order valence-corrected chi connectivity index (χ4v) is 3.00. The highest BCUT2D eigenvalue weighted by molar-refractivity contribution is 6.02. The molecular formula is C24H24N2O4. The largest absolute Gasteiger partial charge is 0.456 e. The van der Waals surface area contributed by atoms with Gasteiger partial charge in [-0.25, -0.2) is 0 Å². The first-order chi connectivity index (χ1) is 14.5. The zero-order valence-electron chi connectivity index (χ0n) is 16.8. The summed E-state index contributed by atoms with van der Waals surface area (Å²) >= 11 is 0. The van der Waals surface area contributed by atoms with Gasteiger partial charge in [0, 0.05) is 23.2 Å². The second-order valence-electron chi connectivity index (χ2n) is 6.83. The Bertz CT molecular complexity index is 1040. The Labute approximate surface area is 175 Å². The van der Waals surface area contributed by atoms with Gasteiger partial charge in [-0.2, -0.15) is 0 Å². The van der Waals surface area contributed by atoms with Gasteiger partial charge in [-0.1, -0.05) is 55.5 Å². The van der Waals surface area contributed by atoms with Crippen molar-refractivity contribution in [2.24, 2.45) is 0 Å². The zero-order chi connectivity index (χ0) is 21.3. The minimum absolute atomic E-state index is 0.0256. The van der Waals surface area contributed by atoms with Crippen LogP contribution in [0.1, 0.15) is 25.3 Å². The van der Waals surface area contributed by atoms with Crippen LogP contribution in [0.25, 0.3) is 10.8 Å². The van der Waals surface area contributed by atoms with Crippen molar-refractivity contribution < 1.29 is 19.1 Å². The number of ether oxygens (including phenoxy) is 1. The van der Waals surface area contributed by atoms with E-state index in [1.54, 1.807) is 12.1 Å². The number of carbonyl (C=O) groups is 3. The van der Waals surface area contributed by atoms with E-state index in [2.05, 4.69) is 17.6 Å². The van der Waals surface area contributed by atoms with Crippen LogP contribution in [0.5, 0.6) is 0 Å². The van der Waals surface area contributed by atoms with E-state index in [1.165, 1.54) is 5.56 Å². The van der Waals surface area contributed by atoms with Gasteiger partial charge < -0.3 is 15.4 Å². The lowest BCUT2D eigenvalue weighted by Crippen LogP contribution is -2.21. The maximum Gasteiger partial charge on any atom is 0.306 e. The maximum absolute atomic E-state index is 12.2. The van der Waals surface area contributed by atoms with E-state index < -0.39 is 11.9 Å². The molecule has 0 fully saturated rings. The highest BCUT2D eigenvalue weighted by Crippen LogP contribution is 2.23. The van der Waals surface area contributed by atoms with Gasteiger partial charge in [0.25, 0.3) is 5.91 Å². The summed E-state index contributed by atoms with van der Waals surface area (Å²) in [6, 6.07) is 20.8. The third-order valence-corrected chi connectivity index (χ3v) is 4.63. The van der Waals surface area contributed by atoms with Crippen LogP contribution >= 0.6 is 0 Å². The minimum atomic E-state index is -0.598. The third-order valence-electron chi connectivity index (χ3n) is 4.63. The van der Waals surface area contributed by atoms with E-state index in [9.17, 15) is 14.4 Å². The van der Waals surface area contributed by atoms with E-state index in [0.29, 0.717) is 11.4 Å². The second kappa shape index (κ2) is 10.2. The predicted molar refractivity (Wildman–Crippen MR) is 117 cm³/mol. The van der Waals surface area contributed by atoms with Crippen LogP contribution in [0.15, 0.2) is 66.7 Å². The molecular weight excluding hydrogens is 380 g/mol. The minimum Gasteiger partial charge on any atom is -0.456 e. The molecule has 2 N–H and O–H groups in total. The molecule has 154 valence electrons. The van der Waals surface area contributed by atoms with Crippen molar-refractivity contribution in [1.29, 1.82) is 0 Å². The summed E-state index contributed by atoms with van der Waals surface area (Å²) in [5.41, 5.74) is 2.50. The number of carbonyl (C=O) groups excluding carboxylic acids is 3. The summed E-state index contributed by atoms with van der Waals surface area (Å²) in [5, 5.41) is 7.44. The molecule has 3 aromatic carbocycles. The third kappa shape index (κ3) is 5.91. The number of aryl methyl sites for hydroxylation is 1. The Kier molecular flexibility index (Phi) is 7.16. The van der Waals surface area contributed by atoms with Crippen LogP contribution in [0.2, 0.25) is 0 Å². The molecule has 3 rings (SSSR count). The average Bonchev–Trinajstić information content (AvgIpc) is 2.77. The highest BCUT2D eigenvalue weighted by Gasteiger charge is 2.12. The van der Waals surface area contributed by atoms with Gasteiger partial charge >= 0.3 is 5.97 Å². The average molecular weight is 404 g/mol. The van der Waals surface area contributed by atoms with Gasteiger partial charge in [0.1, 0.15) is 0 Å². The summed E-state index contributed by atoms with van der Waals surface area (Å²) in [7, 11) is 0. The number of rotatable bonds is 8. The van der Waals surface area contributed by atoms with Gasteiger partial charge in [-0.3, -0.25) is 14.4 Å². The number of nitrogens with one attached hydrogen (secondary N) is 2. The lowest BCUT2D eigenvalue weighted by atomic mass is 10.1. The molecule has 30 heavy (non-hydrogen) atoms. The summed E-state index contributed by atoms with van der Waals surface area (Å²) < 4.78 is 4.96. The SMILES string of the molecule is CCc1ccc(NC(=O)COC(=O)CCC(=O)Nc2cccc3ccccc23)cc1. The number of anilines is 2. The molecule has 0 heterocycles. The van der Waals surface area contributed by atoms with E-state index in [0.717, 1.165) is 17.2 Å². The summed E-state index contributed by atoms with van der Waals surface area (Å²) in [6.07, 6.45) is 0.789. The molecule has 0 atom stereocenters. The molecule has 2 amide bonds. The molecule has 0 bridgehead atoms. The molecule has 6 nitrogen and oxygen atoms in total. The van der Waals surface area contributed by atoms with Gasteiger partial charge in [0.15, 0.2) is 6.61 Å². The standard InChI is InChI=1S/C24H24N2O4/c1-2-17-10-12-19(13-11-17)25-23(28)16-30-24(29)15-14-22(27)26-21-9-5-7-18-6-3-4-8-20(18)21/h3-13H,2,14-16H2,1H3,(H,25,28)(H,26,27). The Morgan fingerprint density at radius 3 is 2.30 bits per heavy atom. The van der Waals surface area contributed by atoms with Crippen molar-refractivity contribution in [3.63, 3.8) is 0 Å². The van der Waals surface area contributed by atoms with Crippen molar-refractivity contribution in [3.05, 3.63) is 72.3 Å². The van der Waals surface area contributed by atoms with E-state index >= 15 is 0 Å². The van der Waals surface area contributed by atoms with Crippen molar-refractivity contribution in [2.45, 2.75) is 26.2 Å². The molecule has 3 aromatic rings. The first-order valence-electron chi connectivity index (χ1n) is 9.87. The van der Waals surface area contributed by atoms with Crippen LogP contribution in [0, 0.1) is 0 Å². The number of esters is 1. The summed E-state index contributed by atoms with van der Waals surface area (Å²) in [6.45, 7) is 1.66. The molecule has 0 aliphatic heterocycles. The molecule has 0 unspecified atom stereocenters. The normalized spacial score (nSPS) is 10.4. The summed E-state index contributed by atoms with van der Waals surface area (Å²) in [5.74, 6) is -1.31. The monoisotopic (exact) mass is 404 g/mol. The first-order valence-corrected chi connectivity index (χ1v) is 9.87. The van der Waals surface area contributed by atoms with Gasteiger partial charge in [0.2, 0.25) is 5.91 Å². The molecule has 0 aromatic heterocycles. The molecule has 0 saturated carbocycles. The second-order valence-corrected chi connectivity index (χ2v) is 6.83. The van der Waals surface area contributed by atoms with Gasteiger partial charge in [-0.05, 0) is 35.6 Å². The molecule has 6 heteroatoms. The molecule has 0 radical (unpaired) electrons. The van der Waals surface area contributed by atoms with Crippen LogP contribution in [-0.2, 0) is 25.5 Å².